The molecule has 0 atom stereocenters. The molecular weight excluding hydrogens is 383 g/mol. The number of carbonyl (C=O) groups is 2. The Bertz CT molecular complexity index is 784. The Morgan fingerprint density at radius 1 is 1.04 bits per heavy atom. The molecule has 0 fully saturated rings. The van der Waals surface area contributed by atoms with Crippen molar-refractivity contribution in [3.63, 3.8) is 0 Å². The minimum absolute atomic E-state index is 0.134. The van der Waals surface area contributed by atoms with Crippen LogP contribution in [-0.4, -0.2) is 30.3 Å². The van der Waals surface area contributed by atoms with Crippen LogP contribution in [0.15, 0.2) is 48.5 Å². The second-order valence-electron chi connectivity index (χ2n) is 5.22. The second-order valence-corrected chi connectivity index (χ2v) is 6.47. The topological polar surface area (TPSA) is 49.4 Å². The van der Waals surface area contributed by atoms with Crippen LogP contribution < -0.4 is 5.32 Å². The van der Waals surface area contributed by atoms with Crippen molar-refractivity contribution in [2.24, 2.45) is 0 Å². The molecule has 2 rings (SSSR count). The molecule has 0 aromatic heterocycles. The van der Waals surface area contributed by atoms with Gasteiger partial charge in [0.25, 0.3) is 0 Å². The maximum Gasteiger partial charge on any atom is 0.246 e. The number of halogens is 3. The number of nitrogens with zero attached hydrogens (tertiary/aromatic N) is 1. The first-order chi connectivity index (χ1) is 11.9. The first-order valence-corrected chi connectivity index (χ1v) is 8.43. The molecule has 0 aliphatic carbocycles. The molecule has 0 saturated heterocycles. The molecule has 0 spiro atoms. The fourth-order valence-electron chi connectivity index (χ4n) is 1.96. The van der Waals surface area contributed by atoms with Gasteiger partial charge in [0.2, 0.25) is 11.8 Å². The molecule has 0 bridgehead atoms. The van der Waals surface area contributed by atoms with E-state index >= 15 is 0 Å². The van der Waals surface area contributed by atoms with E-state index in [9.17, 15) is 9.59 Å². The zero-order valence-electron chi connectivity index (χ0n) is 13.3. The van der Waals surface area contributed by atoms with Crippen LogP contribution in [0.3, 0.4) is 0 Å². The van der Waals surface area contributed by atoms with Crippen molar-refractivity contribution in [3.05, 3.63) is 69.2 Å². The van der Waals surface area contributed by atoms with Gasteiger partial charge in [-0.1, -0.05) is 53.0 Å². The fourth-order valence-corrected chi connectivity index (χ4v) is 2.58. The van der Waals surface area contributed by atoms with E-state index < -0.39 is 5.91 Å². The lowest BCUT2D eigenvalue weighted by Crippen LogP contribution is -2.34. The Kier molecular flexibility index (Phi) is 6.88. The number of nitrogens with one attached hydrogen (secondary N) is 1. The average Bonchev–Trinajstić information content (AvgIpc) is 2.57. The second kappa shape index (κ2) is 8.90. The summed E-state index contributed by atoms with van der Waals surface area (Å²) in [6, 6.07) is 12.0. The molecule has 0 radical (unpaired) electrons. The van der Waals surface area contributed by atoms with Crippen LogP contribution in [0, 0.1) is 0 Å². The molecule has 2 aromatic rings. The van der Waals surface area contributed by atoms with Gasteiger partial charge < -0.3 is 10.2 Å². The van der Waals surface area contributed by atoms with Gasteiger partial charge in [-0.3, -0.25) is 9.59 Å². The monoisotopic (exact) mass is 396 g/mol. The largest absolute Gasteiger partial charge is 0.333 e. The van der Waals surface area contributed by atoms with Crippen molar-refractivity contribution >= 4 is 58.4 Å². The van der Waals surface area contributed by atoms with Crippen LogP contribution in [0.2, 0.25) is 15.1 Å². The van der Waals surface area contributed by atoms with Crippen molar-refractivity contribution in [2.75, 3.05) is 18.9 Å². The predicted molar refractivity (Wildman–Crippen MR) is 103 cm³/mol. The summed E-state index contributed by atoms with van der Waals surface area (Å²) < 4.78 is 0. The maximum atomic E-state index is 12.1. The molecule has 130 valence electrons. The smallest absolute Gasteiger partial charge is 0.246 e. The summed E-state index contributed by atoms with van der Waals surface area (Å²) in [6.07, 6.45) is 3.04. The quantitative estimate of drug-likeness (QED) is 0.740. The molecule has 0 aliphatic heterocycles. The molecular formula is C18H15Cl3N2O2. The van der Waals surface area contributed by atoms with E-state index in [4.69, 9.17) is 34.8 Å². The maximum absolute atomic E-state index is 12.1. The standard InChI is InChI=1S/C18H15Cl3N2O2/c1-23(17(25)10-7-12-5-8-13(19)9-6-12)11-16(24)22-18-14(20)3-2-4-15(18)21/h2-10H,11H2,1H3,(H,22,24)/b10-7+. The molecule has 2 aromatic carbocycles. The van der Waals surface area contributed by atoms with E-state index in [2.05, 4.69) is 5.32 Å². The number of para-hydroxylation sites is 1. The van der Waals surface area contributed by atoms with E-state index in [0.29, 0.717) is 20.8 Å². The molecule has 4 nitrogen and oxygen atoms in total. The fraction of sp³-hybridized carbons (Fsp3) is 0.111. The third-order valence-electron chi connectivity index (χ3n) is 3.27. The number of anilines is 1. The minimum Gasteiger partial charge on any atom is -0.333 e. The van der Waals surface area contributed by atoms with Crippen molar-refractivity contribution in [1.29, 1.82) is 0 Å². The molecule has 25 heavy (non-hydrogen) atoms. The summed E-state index contributed by atoms with van der Waals surface area (Å²) in [7, 11) is 1.53. The highest BCUT2D eigenvalue weighted by Crippen LogP contribution is 2.29. The van der Waals surface area contributed by atoms with Gasteiger partial charge >= 0.3 is 0 Å². The van der Waals surface area contributed by atoms with Crippen molar-refractivity contribution in [1.82, 2.24) is 4.90 Å². The van der Waals surface area contributed by atoms with Gasteiger partial charge in [-0.05, 0) is 35.9 Å². The first kappa shape index (κ1) is 19.3. The molecule has 1 N–H and O–H groups in total. The summed E-state index contributed by atoms with van der Waals surface area (Å²) in [4.78, 5) is 25.5. The molecule has 7 heteroatoms. The van der Waals surface area contributed by atoms with E-state index in [1.54, 1.807) is 48.5 Å². The van der Waals surface area contributed by atoms with Gasteiger partial charge in [0.05, 0.1) is 22.3 Å². The Labute approximate surface area is 161 Å². The number of carbonyl (C=O) groups excluding carboxylic acids is 2. The van der Waals surface area contributed by atoms with Crippen molar-refractivity contribution in [3.8, 4) is 0 Å². The van der Waals surface area contributed by atoms with Crippen LogP contribution >= 0.6 is 34.8 Å². The highest BCUT2D eigenvalue weighted by Gasteiger charge is 2.13. The molecule has 0 heterocycles. The third-order valence-corrected chi connectivity index (χ3v) is 4.15. The van der Waals surface area contributed by atoms with Crippen LogP contribution in [0.4, 0.5) is 5.69 Å². The van der Waals surface area contributed by atoms with Gasteiger partial charge in [-0.15, -0.1) is 0 Å². The number of rotatable bonds is 5. The predicted octanol–water partition coefficient (Wildman–Crippen LogP) is 4.76. The minimum atomic E-state index is -0.397. The van der Waals surface area contributed by atoms with E-state index in [-0.39, 0.29) is 12.5 Å². The van der Waals surface area contributed by atoms with E-state index in [1.807, 2.05) is 0 Å². The van der Waals surface area contributed by atoms with Gasteiger partial charge in [0.1, 0.15) is 0 Å². The van der Waals surface area contributed by atoms with Gasteiger partial charge in [0, 0.05) is 18.1 Å². The summed E-state index contributed by atoms with van der Waals surface area (Å²) in [6.45, 7) is -0.134. The summed E-state index contributed by atoms with van der Waals surface area (Å²) in [5.74, 6) is -0.707. The molecule has 2 amide bonds. The van der Waals surface area contributed by atoms with Crippen LogP contribution in [-0.2, 0) is 9.59 Å². The number of hydrogen-bond donors (Lipinski definition) is 1. The highest BCUT2D eigenvalue weighted by atomic mass is 35.5. The van der Waals surface area contributed by atoms with Crippen LogP contribution in [0.25, 0.3) is 6.08 Å². The SMILES string of the molecule is CN(CC(=O)Nc1c(Cl)cccc1Cl)C(=O)/C=C/c1ccc(Cl)cc1. The third kappa shape index (κ3) is 5.78. The van der Waals surface area contributed by atoms with Crippen molar-refractivity contribution < 1.29 is 9.59 Å². The summed E-state index contributed by atoms with van der Waals surface area (Å²) >= 11 is 17.8. The first-order valence-electron chi connectivity index (χ1n) is 7.29. The lowest BCUT2D eigenvalue weighted by Gasteiger charge is -2.15. The average molecular weight is 398 g/mol. The van der Waals surface area contributed by atoms with E-state index in [1.165, 1.54) is 18.0 Å². The van der Waals surface area contributed by atoms with Gasteiger partial charge in [0.15, 0.2) is 0 Å². The van der Waals surface area contributed by atoms with Gasteiger partial charge in [-0.25, -0.2) is 0 Å². The Morgan fingerprint density at radius 3 is 2.24 bits per heavy atom. The number of hydrogen-bond acceptors (Lipinski definition) is 2. The van der Waals surface area contributed by atoms with Gasteiger partial charge in [-0.2, -0.15) is 0 Å². The Balaban J connectivity index is 1.94. The Morgan fingerprint density at radius 2 is 1.64 bits per heavy atom. The molecule has 0 unspecified atom stereocenters. The van der Waals surface area contributed by atoms with Crippen LogP contribution in [0.1, 0.15) is 5.56 Å². The zero-order valence-corrected chi connectivity index (χ0v) is 15.6. The summed E-state index contributed by atoms with van der Waals surface area (Å²) in [5, 5.41) is 3.89. The lowest BCUT2D eigenvalue weighted by atomic mass is 10.2. The molecule has 0 saturated carbocycles. The number of likely N-dealkylation sites (N-methyl/N-ethyl adjacent to an activating group) is 1. The summed E-state index contributed by atoms with van der Waals surface area (Å²) in [5.41, 5.74) is 1.16. The molecule has 0 aliphatic rings. The highest BCUT2D eigenvalue weighted by molar-refractivity contribution is 6.39. The van der Waals surface area contributed by atoms with Crippen LogP contribution in [0.5, 0.6) is 0 Å². The normalized spacial score (nSPS) is 10.7. The number of benzene rings is 2. The van der Waals surface area contributed by atoms with E-state index in [0.717, 1.165) is 5.56 Å². The zero-order chi connectivity index (χ0) is 18.4. The van der Waals surface area contributed by atoms with Crippen molar-refractivity contribution in [2.45, 2.75) is 0 Å². The Hall–Kier alpha value is -2.01. The number of amides is 2. The lowest BCUT2D eigenvalue weighted by molar-refractivity contribution is -0.129.